The number of benzene rings is 1. The van der Waals surface area contributed by atoms with Gasteiger partial charge in [0.15, 0.2) is 0 Å². The van der Waals surface area contributed by atoms with Crippen LogP contribution in [0.3, 0.4) is 0 Å². The lowest BCUT2D eigenvalue weighted by molar-refractivity contribution is -0.159. The van der Waals surface area contributed by atoms with Crippen LogP contribution in [0.15, 0.2) is 49.2 Å². The number of fused-ring (bicyclic) bond motifs is 4. The number of esters is 1. The molecule has 1 unspecified atom stereocenters. The number of carbonyl (C=O) groups is 2. The molecule has 0 amide bonds. The summed E-state index contributed by atoms with van der Waals surface area (Å²) in [7, 11) is 0. The van der Waals surface area contributed by atoms with Crippen LogP contribution in [0.25, 0.3) is 10.9 Å². The van der Waals surface area contributed by atoms with E-state index in [2.05, 4.69) is 16.5 Å². The SMILES string of the molecule is C=C[C@@H]1CN2CC[C@@H]1C[C@@H]2[C@H](OC(=O)CCC(=O)O)c1ccnc2ccccc12. The van der Waals surface area contributed by atoms with Crippen molar-refractivity contribution in [3.05, 3.63) is 54.7 Å². The standard InChI is InChI=1S/C23H26N2O4/c1-2-15-14-25-12-10-16(15)13-20(25)23(29-22(28)8-7-21(26)27)18-9-11-24-19-6-4-3-5-17(18)19/h2-6,9,11,15-16,20,23H,1,7-8,10,12-14H2,(H,26,27)/t15-,16-,20-,23-/m1/s1. The summed E-state index contributed by atoms with van der Waals surface area (Å²) in [6.45, 7) is 5.89. The van der Waals surface area contributed by atoms with Gasteiger partial charge in [0.2, 0.25) is 0 Å². The molecule has 0 aliphatic carbocycles. The zero-order valence-electron chi connectivity index (χ0n) is 16.4. The summed E-state index contributed by atoms with van der Waals surface area (Å²) in [6.07, 6.45) is 5.06. The van der Waals surface area contributed by atoms with Crippen LogP contribution in [0.5, 0.6) is 0 Å². The van der Waals surface area contributed by atoms with Crippen molar-refractivity contribution in [2.75, 3.05) is 13.1 Å². The second kappa shape index (κ2) is 8.33. The molecule has 1 aromatic heterocycles. The topological polar surface area (TPSA) is 79.7 Å². The third kappa shape index (κ3) is 4.03. The summed E-state index contributed by atoms with van der Waals surface area (Å²) in [5.41, 5.74) is 1.79. The summed E-state index contributed by atoms with van der Waals surface area (Å²) in [4.78, 5) is 30.2. The second-order valence-electron chi connectivity index (χ2n) is 7.97. The van der Waals surface area contributed by atoms with Crippen LogP contribution in [0, 0.1) is 11.8 Å². The van der Waals surface area contributed by atoms with Crippen molar-refractivity contribution in [2.45, 2.75) is 37.8 Å². The lowest BCUT2D eigenvalue weighted by Gasteiger charge is -2.51. The van der Waals surface area contributed by atoms with Gasteiger partial charge in [0.05, 0.1) is 24.4 Å². The zero-order chi connectivity index (χ0) is 20.4. The Morgan fingerprint density at radius 2 is 2.14 bits per heavy atom. The van der Waals surface area contributed by atoms with E-state index in [0.717, 1.165) is 42.4 Å². The molecule has 3 saturated heterocycles. The van der Waals surface area contributed by atoms with Crippen LogP contribution >= 0.6 is 0 Å². The van der Waals surface area contributed by atoms with Gasteiger partial charge in [0.1, 0.15) is 6.10 Å². The van der Waals surface area contributed by atoms with Crippen LogP contribution < -0.4 is 0 Å². The number of carboxylic acids is 1. The fourth-order valence-electron chi connectivity index (χ4n) is 4.82. The number of para-hydroxylation sites is 1. The van der Waals surface area contributed by atoms with Gasteiger partial charge in [-0.1, -0.05) is 24.3 Å². The number of pyridine rings is 1. The Morgan fingerprint density at radius 1 is 1.31 bits per heavy atom. The lowest BCUT2D eigenvalue weighted by Crippen LogP contribution is -2.55. The number of hydrogen-bond acceptors (Lipinski definition) is 5. The summed E-state index contributed by atoms with van der Waals surface area (Å²) in [5, 5.41) is 9.88. The van der Waals surface area contributed by atoms with Gasteiger partial charge in [-0.15, -0.1) is 6.58 Å². The van der Waals surface area contributed by atoms with Crippen LogP contribution in [0.2, 0.25) is 0 Å². The van der Waals surface area contributed by atoms with E-state index in [1.54, 1.807) is 6.20 Å². The fourth-order valence-corrected chi connectivity index (χ4v) is 4.82. The maximum Gasteiger partial charge on any atom is 0.307 e. The summed E-state index contributed by atoms with van der Waals surface area (Å²) in [5.74, 6) is -0.461. The van der Waals surface area contributed by atoms with Gasteiger partial charge in [-0.05, 0) is 43.4 Å². The molecule has 3 fully saturated rings. The second-order valence-corrected chi connectivity index (χ2v) is 7.97. The van der Waals surface area contributed by atoms with Crippen molar-refractivity contribution >= 4 is 22.8 Å². The molecule has 3 aliphatic rings. The van der Waals surface area contributed by atoms with Gasteiger partial charge in [0, 0.05) is 23.7 Å². The lowest BCUT2D eigenvalue weighted by atomic mass is 9.73. The molecule has 0 spiro atoms. The van der Waals surface area contributed by atoms with Crippen molar-refractivity contribution < 1.29 is 19.4 Å². The van der Waals surface area contributed by atoms with Gasteiger partial charge < -0.3 is 9.84 Å². The molecule has 1 N–H and O–H groups in total. The minimum atomic E-state index is -0.998. The predicted octanol–water partition coefficient (Wildman–Crippen LogP) is 3.58. The average Bonchev–Trinajstić information content (AvgIpc) is 2.76. The Kier molecular flexibility index (Phi) is 5.62. The smallest absolute Gasteiger partial charge is 0.307 e. The van der Waals surface area contributed by atoms with E-state index in [1.807, 2.05) is 36.4 Å². The van der Waals surface area contributed by atoms with Gasteiger partial charge in [-0.2, -0.15) is 0 Å². The van der Waals surface area contributed by atoms with Gasteiger partial charge >= 0.3 is 11.9 Å². The number of carbonyl (C=O) groups excluding carboxylic acids is 1. The highest BCUT2D eigenvalue weighted by Crippen LogP contribution is 2.43. The Labute approximate surface area is 170 Å². The van der Waals surface area contributed by atoms with Gasteiger partial charge in [0.25, 0.3) is 0 Å². The zero-order valence-corrected chi connectivity index (χ0v) is 16.4. The van der Waals surface area contributed by atoms with Gasteiger partial charge in [-0.25, -0.2) is 0 Å². The predicted molar refractivity (Wildman–Crippen MR) is 109 cm³/mol. The minimum Gasteiger partial charge on any atom is -0.481 e. The number of carboxylic acid groups (broad SMARTS) is 1. The van der Waals surface area contributed by atoms with E-state index in [4.69, 9.17) is 9.84 Å². The largest absolute Gasteiger partial charge is 0.481 e. The molecule has 0 saturated carbocycles. The molecule has 4 heterocycles. The molecule has 152 valence electrons. The van der Waals surface area contributed by atoms with E-state index in [1.165, 1.54) is 0 Å². The normalized spacial score (nSPS) is 26.8. The molecule has 5 rings (SSSR count). The summed E-state index contributed by atoms with van der Waals surface area (Å²) < 4.78 is 5.96. The molecular weight excluding hydrogens is 368 g/mol. The quantitative estimate of drug-likeness (QED) is 0.571. The van der Waals surface area contributed by atoms with E-state index in [9.17, 15) is 9.59 Å². The first-order chi connectivity index (χ1) is 14.1. The molecule has 6 heteroatoms. The molecule has 1 aromatic carbocycles. The summed E-state index contributed by atoms with van der Waals surface area (Å²) >= 11 is 0. The van der Waals surface area contributed by atoms with Crippen LogP contribution in [0.4, 0.5) is 0 Å². The highest BCUT2D eigenvalue weighted by molar-refractivity contribution is 5.83. The number of aromatic nitrogens is 1. The van der Waals surface area contributed by atoms with Crippen LogP contribution in [-0.2, 0) is 14.3 Å². The Bertz CT molecular complexity index is 923. The molecule has 2 bridgehead atoms. The van der Waals surface area contributed by atoms with Crippen molar-refractivity contribution in [1.82, 2.24) is 9.88 Å². The molecule has 2 aromatic rings. The average molecular weight is 394 g/mol. The van der Waals surface area contributed by atoms with Crippen molar-refractivity contribution in [2.24, 2.45) is 11.8 Å². The fraction of sp³-hybridized carbons (Fsp3) is 0.435. The van der Waals surface area contributed by atoms with Crippen molar-refractivity contribution in [1.29, 1.82) is 0 Å². The molecule has 6 nitrogen and oxygen atoms in total. The van der Waals surface area contributed by atoms with E-state index in [-0.39, 0.29) is 18.9 Å². The minimum absolute atomic E-state index is 0.0736. The highest BCUT2D eigenvalue weighted by atomic mass is 16.5. The highest BCUT2D eigenvalue weighted by Gasteiger charge is 2.44. The van der Waals surface area contributed by atoms with E-state index in [0.29, 0.717) is 11.8 Å². The third-order valence-electron chi connectivity index (χ3n) is 6.29. The van der Waals surface area contributed by atoms with Gasteiger partial charge in [-0.3, -0.25) is 19.5 Å². The van der Waals surface area contributed by atoms with E-state index < -0.39 is 18.0 Å². The summed E-state index contributed by atoms with van der Waals surface area (Å²) in [6, 6.07) is 9.84. The molecule has 29 heavy (non-hydrogen) atoms. The Morgan fingerprint density at radius 3 is 2.86 bits per heavy atom. The first kappa shape index (κ1) is 19.6. The van der Waals surface area contributed by atoms with Crippen molar-refractivity contribution in [3.63, 3.8) is 0 Å². The molecule has 3 aliphatic heterocycles. The number of aliphatic carboxylic acids is 1. The first-order valence-electron chi connectivity index (χ1n) is 10.2. The Balaban J connectivity index is 1.67. The number of nitrogens with zero attached hydrogens (tertiary/aromatic N) is 2. The molecular formula is C23H26N2O4. The van der Waals surface area contributed by atoms with Crippen LogP contribution in [0.1, 0.15) is 37.4 Å². The number of piperidine rings is 3. The number of rotatable bonds is 7. The molecule has 0 radical (unpaired) electrons. The number of hydrogen-bond donors (Lipinski definition) is 1. The first-order valence-corrected chi connectivity index (χ1v) is 10.2. The molecule has 5 atom stereocenters. The maximum atomic E-state index is 12.5. The van der Waals surface area contributed by atoms with Crippen molar-refractivity contribution in [3.8, 4) is 0 Å². The number of ether oxygens (including phenoxy) is 1. The third-order valence-corrected chi connectivity index (χ3v) is 6.29. The Hall–Kier alpha value is -2.73. The van der Waals surface area contributed by atoms with E-state index >= 15 is 0 Å². The monoisotopic (exact) mass is 394 g/mol. The van der Waals surface area contributed by atoms with Crippen LogP contribution in [-0.4, -0.2) is 46.1 Å². The maximum absolute atomic E-state index is 12.5.